The number of hydrogen-bond acceptors (Lipinski definition) is 2. The van der Waals surface area contributed by atoms with E-state index in [1.807, 2.05) is 0 Å². The maximum Gasteiger partial charge on any atom is 0.423 e. The highest BCUT2D eigenvalue weighted by Gasteiger charge is 2.38. The fraction of sp³-hybridized carbons (Fsp3) is 0.167. The second-order valence-electron chi connectivity index (χ2n) is 3.88. The van der Waals surface area contributed by atoms with Crippen molar-refractivity contribution in [2.45, 2.75) is 13.1 Å². The van der Waals surface area contributed by atoms with E-state index in [9.17, 15) is 18.0 Å². The van der Waals surface area contributed by atoms with Gasteiger partial charge >= 0.3 is 6.18 Å². The molecule has 1 aromatic carbocycles. The standard InChI is InChI=1S/C12H8BrF3N2O/c1-6-17-10(7-3-2-4-8(13)5-7)9(11(19)18-6)12(14,15)16/h2-5H,1H3,(H,17,18,19). The Kier molecular flexibility index (Phi) is 3.49. The highest BCUT2D eigenvalue weighted by atomic mass is 79.9. The van der Waals surface area contributed by atoms with Crippen LogP contribution in [0, 0.1) is 6.92 Å². The van der Waals surface area contributed by atoms with Crippen molar-refractivity contribution in [2.75, 3.05) is 0 Å². The van der Waals surface area contributed by atoms with Crippen LogP contribution in [0.25, 0.3) is 11.3 Å². The Balaban J connectivity index is 2.79. The smallest absolute Gasteiger partial charge is 0.310 e. The van der Waals surface area contributed by atoms with Crippen LogP contribution in [-0.4, -0.2) is 9.97 Å². The molecule has 0 atom stereocenters. The van der Waals surface area contributed by atoms with E-state index in [1.165, 1.54) is 19.1 Å². The first-order chi connectivity index (χ1) is 8.79. The van der Waals surface area contributed by atoms with E-state index in [0.29, 0.717) is 4.47 Å². The summed E-state index contributed by atoms with van der Waals surface area (Å²) < 4.78 is 39.5. The molecule has 0 aliphatic rings. The van der Waals surface area contributed by atoms with E-state index in [-0.39, 0.29) is 17.1 Å². The monoisotopic (exact) mass is 332 g/mol. The number of alkyl halides is 3. The second kappa shape index (κ2) is 4.80. The minimum absolute atomic E-state index is 0.132. The van der Waals surface area contributed by atoms with Crippen LogP contribution in [0.1, 0.15) is 11.4 Å². The van der Waals surface area contributed by atoms with Crippen LogP contribution in [0.4, 0.5) is 13.2 Å². The summed E-state index contributed by atoms with van der Waals surface area (Å²) >= 11 is 3.18. The zero-order valence-corrected chi connectivity index (χ0v) is 11.3. The maximum absolute atomic E-state index is 13.0. The molecule has 7 heteroatoms. The molecule has 0 fully saturated rings. The first-order valence-corrected chi connectivity index (χ1v) is 6.02. The summed E-state index contributed by atoms with van der Waals surface area (Å²) in [6.07, 6.45) is -4.76. The molecule has 100 valence electrons. The van der Waals surface area contributed by atoms with Crippen molar-refractivity contribution in [3.8, 4) is 11.3 Å². The molecule has 0 radical (unpaired) electrons. The molecule has 0 aliphatic carbocycles. The Bertz CT molecular complexity index is 679. The molecule has 0 aliphatic heterocycles. The molecule has 0 bridgehead atoms. The Labute approximate surface area is 114 Å². The van der Waals surface area contributed by atoms with Crippen LogP contribution < -0.4 is 5.56 Å². The van der Waals surface area contributed by atoms with E-state index in [1.54, 1.807) is 12.1 Å². The fourth-order valence-corrected chi connectivity index (χ4v) is 2.09. The molecule has 0 spiro atoms. The molecule has 0 saturated heterocycles. The molecule has 1 N–H and O–H groups in total. The van der Waals surface area contributed by atoms with Crippen LogP contribution in [0.5, 0.6) is 0 Å². The van der Waals surface area contributed by atoms with Crippen molar-refractivity contribution in [1.29, 1.82) is 0 Å². The van der Waals surface area contributed by atoms with Gasteiger partial charge in [0.1, 0.15) is 11.4 Å². The average Bonchev–Trinajstić information content (AvgIpc) is 2.25. The van der Waals surface area contributed by atoms with E-state index in [4.69, 9.17) is 0 Å². The largest absolute Gasteiger partial charge is 0.423 e. The summed E-state index contributed by atoms with van der Waals surface area (Å²) in [7, 11) is 0. The zero-order chi connectivity index (χ0) is 14.2. The summed E-state index contributed by atoms with van der Waals surface area (Å²) in [5.74, 6) is 0.132. The molecule has 2 aromatic rings. The zero-order valence-electron chi connectivity index (χ0n) is 9.68. The van der Waals surface area contributed by atoms with Gasteiger partial charge in [0.05, 0.1) is 5.69 Å². The summed E-state index contributed by atoms with van der Waals surface area (Å²) in [4.78, 5) is 17.4. The molecular weight excluding hydrogens is 325 g/mol. The number of rotatable bonds is 1. The minimum atomic E-state index is -4.76. The summed E-state index contributed by atoms with van der Waals surface area (Å²) in [6, 6.07) is 6.21. The quantitative estimate of drug-likeness (QED) is 0.868. The molecular formula is C12H8BrF3N2O. The number of nitrogens with zero attached hydrogens (tertiary/aromatic N) is 1. The van der Waals surface area contributed by atoms with Gasteiger partial charge in [0.25, 0.3) is 5.56 Å². The van der Waals surface area contributed by atoms with E-state index in [0.717, 1.165) is 0 Å². The van der Waals surface area contributed by atoms with Crippen molar-refractivity contribution in [2.24, 2.45) is 0 Å². The van der Waals surface area contributed by atoms with Gasteiger partial charge in [-0.05, 0) is 19.1 Å². The second-order valence-corrected chi connectivity index (χ2v) is 4.80. The van der Waals surface area contributed by atoms with Crippen molar-refractivity contribution in [3.05, 3.63) is 50.5 Å². The number of benzene rings is 1. The Morgan fingerprint density at radius 2 is 2.00 bits per heavy atom. The lowest BCUT2D eigenvalue weighted by Gasteiger charge is -2.12. The first kappa shape index (κ1) is 13.8. The van der Waals surface area contributed by atoms with Crippen LogP contribution in [-0.2, 0) is 6.18 Å². The minimum Gasteiger partial charge on any atom is -0.310 e. The lowest BCUT2D eigenvalue weighted by atomic mass is 10.1. The molecule has 0 amide bonds. The maximum atomic E-state index is 13.0. The third kappa shape index (κ3) is 2.86. The molecule has 1 aromatic heterocycles. The number of aromatic nitrogens is 2. The normalized spacial score (nSPS) is 11.6. The van der Waals surface area contributed by atoms with Crippen molar-refractivity contribution in [3.63, 3.8) is 0 Å². The van der Waals surface area contributed by atoms with Gasteiger partial charge in [-0.2, -0.15) is 13.2 Å². The molecule has 2 rings (SSSR count). The van der Waals surface area contributed by atoms with Gasteiger partial charge in [-0.1, -0.05) is 28.1 Å². The predicted molar refractivity (Wildman–Crippen MR) is 67.7 cm³/mol. The van der Waals surface area contributed by atoms with E-state index in [2.05, 4.69) is 25.9 Å². The van der Waals surface area contributed by atoms with Crippen molar-refractivity contribution >= 4 is 15.9 Å². The lowest BCUT2D eigenvalue weighted by Crippen LogP contribution is -2.24. The van der Waals surface area contributed by atoms with Crippen molar-refractivity contribution < 1.29 is 13.2 Å². The van der Waals surface area contributed by atoms with Crippen LogP contribution in [0.2, 0.25) is 0 Å². The number of halogens is 4. The van der Waals surface area contributed by atoms with Gasteiger partial charge in [-0.3, -0.25) is 4.79 Å². The van der Waals surface area contributed by atoms with Gasteiger partial charge in [0.15, 0.2) is 0 Å². The van der Waals surface area contributed by atoms with Crippen molar-refractivity contribution in [1.82, 2.24) is 9.97 Å². The van der Waals surface area contributed by atoms with Gasteiger partial charge in [0.2, 0.25) is 0 Å². The number of aromatic amines is 1. The Hall–Kier alpha value is -1.63. The lowest BCUT2D eigenvalue weighted by molar-refractivity contribution is -0.138. The van der Waals surface area contributed by atoms with Gasteiger partial charge < -0.3 is 4.98 Å². The number of nitrogens with one attached hydrogen (secondary N) is 1. The predicted octanol–water partition coefficient (Wildman–Crippen LogP) is 3.53. The van der Waals surface area contributed by atoms with Crippen LogP contribution in [0.15, 0.2) is 33.5 Å². The fourth-order valence-electron chi connectivity index (χ4n) is 1.69. The summed E-state index contributed by atoms with van der Waals surface area (Å²) in [6.45, 7) is 1.43. The molecule has 1 heterocycles. The number of hydrogen-bond donors (Lipinski definition) is 1. The third-order valence-corrected chi connectivity index (χ3v) is 2.91. The molecule has 3 nitrogen and oxygen atoms in total. The van der Waals surface area contributed by atoms with Gasteiger partial charge in [-0.25, -0.2) is 4.98 Å². The SMILES string of the molecule is Cc1nc(-c2cccc(Br)c2)c(C(F)(F)F)c(=O)[nH]1. The molecule has 0 unspecified atom stereocenters. The summed E-state index contributed by atoms with van der Waals surface area (Å²) in [5, 5.41) is 0. The highest BCUT2D eigenvalue weighted by Crippen LogP contribution is 2.34. The molecule has 19 heavy (non-hydrogen) atoms. The number of H-pyrrole nitrogens is 1. The number of aryl methyl sites for hydroxylation is 1. The molecule has 0 saturated carbocycles. The topological polar surface area (TPSA) is 45.8 Å². The van der Waals surface area contributed by atoms with Crippen LogP contribution in [0.3, 0.4) is 0 Å². The highest BCUT2D eigenvalue weighted by molar-refractivity contribution is 9.10. The van der Waals surface area contributed by atoms with Crippen LogP contribution >= 0.6 is 15.9 Å². The Morgan fingerprint density at radius 1 is 1.32 bits per heavy atom. The first-order valence-electron chi connectivity index (χ1n) is 5.23. The Morgan fingerprint density at radius 3 is 2.58 bits per heavy atom. The van der Waals surface area contributed by atoms with Gasteiger partial charge in [-0.15, -0.1) is 0 Å². The van der Waals surface area contributed by atoms with Gasteiger partial charge in [0, 0.05) is 10.0 Å². The van der Waals surface area contributed by atoms with E-state index >= 15 is 0 Å². The van der Waals surface area contributed by atoms with E-state index < -0.39 is 17.3 Å². The third-order valence-electron chi connectivity index (χ3n) is 2.42. The summed E-state index contributed by atoms with van der Waals surface area (Å²) in [5.41, 5.74) is -2.60. The average molecular weight is 333 g/mol.